The van der Waals surface area contributed by atoms with E-state index in [9.17, 15) is 0 Å². The third-order valence-electron chi connectivity index (χ3n) is 4.90. The Labute approximate surface area is 173 Å². The molecule has 3 rings (SSSR count). The number of nitrogens with two attached hydrogens (primary N) is 1. The van der Waals surface area contributed by atoms with Crippen LogP contribution in [0.25, 0.3) is 0 Å². The highest BCUT2D eigenvalue weighted by molar-refractivity contribution is 14.0. The number of hydrogen-bond acceptors (Lipinski definition) is 2. The van der Waals surface area contributed by atoms with Crippen molar-refractivity contribution in [2.75, 3.05) is 25.0 Å². The molecule has 0 saturated carbocycles. The molecule has 0 spiro atoms. The quantitative estimate of drug-likeness (QED) is 0.303. The number of fused-ring (bicyclic) bond motifs is 1. The summed E-state index contributed by atoms with van der Waals surface area (Å²) in [5, 5.41) is 3.18. The fourth-order valence-corrected chi connectivity index (χ4v) is 3.25. The van der Waals surface area contributed by atoms with Crippen molar-refractivity contribution in [2.45, 2.75) is 33.2 Å². The molecule has 0 saturated heterocycles. The van der Waals surface area contributed by atoms with Crippen LogP contribution in [0.15, 0.2) is 47.5 Å². The third kappa shape index (κ3) is 5.71. The maximum Gasteiger partial charge on any atom is 0.193 e. The standard InChI is InChI=1S/C21H28N4.HI/c1-16-8-9-20(14-17(16)2)24-21(22)23-11-5-12-25-13-10-18-6-3-4-7-19(18)15-25;/h3-4,6-9,14H,5,10-13,15H2,1-2H3,(H3,22,23,24);1H. The average Bonchev–Trinajstić information content (AvgIpc) is 2.62. The summed E-state index contributed by atoms with van der Waals surface area (Å²) >= 11 is 0. The number of anilines is 1. The largest absolute Gasteiger partial charge is 0.370 e. The SMILES string of the molecule is Cc1ccc(NC(N)=NCCCN2CCc3ccccc3C2)cc1C.I. The van der Waals surface area contributed by atoms with Crippen LogP contribution < -0.4 is 11.1 Å². The van der Waals surface area contributed by atoms with Crippen LogP contribution in [0.1, 0.15) is 28.7 Å². The van der Waals surface area contributed by atoms with E-state index in [1.54, 1.807) is 0 Å². The summed E-state index contributed by atoms with van der Waals surface area (Å²) in [6.45, 7) is 8.21. The second kappa shape index (κ2) is 9.92. The Morgan fingerprint density at radius 3 is 2.65 bits per heavy atom. The smallest absolute Gasteiger partial charge is 0.193 e. The van der Waals surface area contributed by atoms with E-state index >= 15 is 0 Å². The normalized spacial score (nSPS) is 14.5. The van der Waals surface area contributed by atoms with Gasteiger partial charge in [-0.25, -0.2) is 0 Å². The van der Waals surface area contributed by atoms with Gasteiger partial charge in [-0.1, -0.05) is 30.3 Å². The summed E-state index contributed by atoms with van der Waals surface area (Å²) in [6.07, 6.45) is 2.17. The topological polar surface area (TPSA) is 53.6 Å². The number of guanidine groups is 1. The monoisotopic (exact) mass is 464 g/mol. The highest BCUT2D eigenvalue weighted by Crippen LogP contribution is 2.18. The van der Waals surface area contributed by atoms with Gasteiger partial charge in [0.05, 0.1) is 0 Å². The van der Waals surface area contributed by atoms with E-state index in [2.05, 4.69) is 65.5 Å². The minimum atomic E-state index is 0. The number of aryl methyl sites for hydroxylation is 2. The Kier molecular flexibility index (Phi) is 7.90. The van der Waals surface area contributed by atoms with Crippen molar-refractivity contribution in [2.24, 2.45) is 10.7 Å². The summed E-state index contributed by atoms with van der Waals surface area (Å²) in [4.78, 5) is 6.96. The molecule has 2 aromatic carbocycles. The fraction of sp³-hybridized carbons (Fsp3) is 0.381. The third-order valence-corrected chi connectivity index (χ3v) is 4.90. The Balaban J connectivity index is 0.00000243. The molecular formula is C21H29IN4. The van der Waals surface area contributed by atoms with Gasteiger partial charge in [0.2, 0.25) is 0 Å². The summed E-state index contributed by atoms with van der Waals surface area (Å²) < 4.78 is 0. The lowest BCUT2D eigenvalue weighted by Gasteiger charge is -2.28. The Bertz CT molecular complexity index is 757. The van der Waals surface area contributed by atoms with Gasteiger partial charge < -0.3 is 11.1 Å². The first-order valence-electron chi connectivity index (χ1n) is 9.05. The molecular weight excluding hydrogens is 435 g/mol. The van der Waals surface area contributed by atoms with Crippen molar-refractivity contribution in [3.05, 3.63) is 64.7 Å². The second-order valence-electron chi connectivity index (χ2n) is 6.84. The number of halogens is 1. The van der Waals surface area contributed by atoms with E-state index in [1.807, 2.05) is 6.07 Å². The molecule has 0 atom stereocenters. The first-order valence-corrected chi connectivity index (χ1v) is 9.05. The molecule has 1 aliphatic heterocycles. The van der Waals surface area contributed by atoms with Gasteiger partial charge in [-0.2, -0.15) is 0 Å². The summed E-state index contributed by atoms with van der Waals surface area (Å²) in [5.41, 5.74) is 12.5. The van der Waals surface area contributed by atoms with E-state index in [1.165, 1.54) is 22.3 Å². The highest BCUT2D eigenvalue weighted by atomic mass is 127. The highest BCUT2D eigenvalue weighted by Gasteiger charge is 2.14. The van der Waals surface area contributed by atoms with Gasteiger partial charge in [0, 0.05) is 31.9 Å². The summed E-state index contributed by atoms with van der Waals surface area (Å²) in [7, 11) is 0. The molecule has 0 unspecified atom stereocenters. The number of nitrogens with one attached hydrogen (secondary N) is 1. The van der Waals surface area contributed by atoms with Crippen LogP contribution in [0.4, 0.5) is 5.69 Å². The van der Waals surface area contributed by atoms with E-state index in [-0.39, 0.29) is 24.0 Å². The zero-order chi connectivity index (χ0) is 17.6. The molecule has 4 nitrogen and oxygen atoms in total. The first-order chi connectivity index (χ1) is 12.1. The lowest BCUT2D eigenvalue weighted by Crippen LogP contribution is -2.31. The van der Waals surface area contributed by atoms with Crippen molar-refractivity contribution < 1.29 is 0 Å². The molecule has 0 bridgehead atoms. The molecule has 1 heterocycles. The number of benzene rings is 2. The average molecular weight is 464 g/mol. The lowest BCUT2D eigenvalue weighted by atomic mass is 10.00. The van der Waals surface area contributed by atoms with E-state index in [0.717, 1.165) is 44.7 Å². The van der Waals surface area contributed by atoms with Crippen molar-refractivity contribution in [1.29, 1.82) is 0 Å². The Morgan fingerprint density at radius 1 is 1.12 bits per heavy atom. The Hall–Kier alpha value is -1.60. The molecule has 0 aliphatic carbocycles. The van der Waals surface area contributed by atoms with Crippen LogP contribution in [-0.4, -0.2) is 30.5 Å². The molecule has 3 N–H and O–H groups in total. The molecule has 1 aliphatic rings. The van der Waals surface area contributed by atoms with Crippen molar-refractivity contribution in [3.63, 3.8) is 0 Å². The first kappa shape index (κ1) is 20.7. The maximum absolute atomic E-state index is 6.00. The molecule has 5 heteroatoms. The van der Waals surface area contributed by atoms with E-state index in [0.29, 0.717) is 5.96 Å². The van der Waals surface area contributed by atoms with Gasteiger partial charge in [-0.05, 0) is 61.1 Å². The minimum absolute atomic E-state index is 0. The molecule has 0 fully saturated rings. The van der Waals surface area contributed by atoms with Crippen molar-refractivity contribution in [3.8, 4) is 0 Å². The van der Waals surface area contributed by atoms with Gasteiger partial charge in [-0.3, -0.25) is 9.89 Å². The maximum atomic E-state index is 6.00. The van der Waals surface area contributed by atoms with Gasteiger partial charge in [0.1, 0.15) is 0 Å². The predicted octanol–water partition coefficient (Wildman–Crippen LogP) is 4.10. The van der Waals surface area contributed by atoms with Crippen LogP contribution in [0.5, 0.6) is 0 Å². The van der Waals surface area contributed by atoms with Crippen LogP contribution in [0, 0.1) is 13.8 Å². The molecule has 0 radical (unpaired) electrons. The summed E-state index contributed by atoms with van der Waals surface area (Å²) in [6, 6.07) is 15.0. The number of hydrogen-bond donors (Lipinski definition) is 2. The van der Waals surface area contributed by atoms with E-state index < -0.39 is 0 Å². The Morgan fingerprint density at radius 2 is 1.88 bits per heavy atom. The van der Waals surface area contributed by atoms with Crippen LogP contribution in [0.3, 0.4) is 0 Å². The van der Waals surface area contributed by atoms with Gasteiger partial charge in [0.15, 0.2) is 5.96 Å². The molecule has 26 heavy (non-hydrogen) atoms. The second-order valence-corrected chi connectivity index (χ2v) is 6.84. The van der Waals surface area contributed by atoms with Gasteiger partial charge in [0.25, 0.3) is 0 Å². The minimum Gasteiger partial charge on any atom is -0.370 e. The number of rotatable bonds is 5. The molecule has 0 aromatic heterocycles. The fourth-order valence-electron chi connectivity index (χ4n) is 3.25. The van der Waals surface area contributed by atoms with E-state index in [4.69, 9.17) is 5.73 Å². The summed E-state index contributed by atoms with van der Waals surface area (Å²) in [5.74, 6) is 0.493. The van der Waals surface area contributed by atoms with Gasteiger partial charge >= 0.3 is 0 Å². The van der Waals surface area contributed by atoms with Gasteiger partial charge in [-0.15, -0.1) is 24.0 Å². The van der Waals surface area contributed by atoms with Crippen LogP contribution in [0.2, 0.25) is 0 Å². The van der Waals surface area contributed by atoms with Crippen LogP contribution in [-0.2, 0) is 13.0 Å². The zero-order valence-electron chi connectivity index (χ0n) is 15.7. The number of nitrogens with zero attached hydrogens (tertiary/aromatic N) is 2. The molecule has 0 amide bonds. The molecule has 2 aromatic rings. The lowest BCUT2D eigenvalue weighted by molar-refractivity contribution is 0.253. The number of aliphatic imine (C=N–C) groups is 1. The van der Waals surface area contributed by atoms with Crippen LogP contribution >= 0.6 is 24.0 Å². The van der Waals surface area contributed by atoms with Crippen molar-refractivity contribution >= 4 is 35.6 Å². The zero-order valence-corrected chi connectivity index (χ0v) is 18.0. The predicted molar refractivity (Wildman–Crippen MR) is 121 cm³/mol. The molecule has 140 valence electrons. The van der Waals surface area contributed by atoms with Crippen molar-refractivity contribution in [1.82, 2.24) is 4.90 Å².